The molecule has 0 fully saturated rings. The molecule has 1 aliphatic rings. The predicted molar refractivity (Wildman–Crippen MR) is 100 cm³/mol. The zero-order valence-corrected chi connectivity index (χ0v) is 14.9. The Balaban J connectivity index is 1.69. The first-order valence-electron chi connectivity index (χ1n) is 8.24. The van der Waals surface area contributed by atoms with Gasteiger partial charge in [-0.1, -0.05) is 6.07 Å². The van der Waals surface area contributed by atoms with Crippen LogP contribution in [0.25, 0.3) is 21.5 Å². The molecule has 132 valence electrons. The van der Waals surface area contributed by atoms with E-state index in [4.69, 9.17) is 0 Å². The minimum atomic E-state index is -0.629. The van der Waals surface area contributed by atoms with Crippen LogP contribution in [0.1, 0.15) is 22.1 Å². The second-order valence-electron chi connectivity index (χ2n) is 6.25. The van der Waals surface area contributed by atoms with E-state index in [1.165, 1.54) is 29.9 Å². The summed E-state index contributed by atoms with van der Waals surface area (Å²) in [5.74, 6) is -0.816. The van der Waals surface area contributed by atoms with Gasteiger partial charge in [-0.05, 0) is 30.7 Å². The van der Waals surface area contributed by atoms with Crippen molar-refractivity contribution in [3.63, 3.8) is 0 Å². The fourth-order valence-corrected chi connectivity index (χ4v) is 4.32. The van der Waals surface area contributed by atoms with Crippen LogP contribution >= 0.6 is 11.3 Å². The summed E-state index contributed by atoms with van der Waals surface area (Å²) in [6.45, 7) is 1.97. The molecule has 0 aliphatic carbocycles. The molecule has 1 atom stereocenters. The SMILES string of the molecule is Cc1cc2ncnc(-c3cc(C4C(=O)Nc5nccnc54)ccc3F)c2s1. The van der Waals surface area contributed by atoms with Crippen LogP contribution in [0, 0.1) is 12.7 Å². The molecule has 3 aromatic heterocycles. The maximum absolute atomic E-state index is 14.7. The van der Waals surface area contributed by atoms with E-state index in [1.54, 1.807) is 18.3 Å². The summed E-state index contributed by atoms with van der Waals surface area (Å²) in [5, 5.41) is 2.72. The van der Waals surface area contributed by atoms with Gasteiger partial charge in [0.05, 0.1) is 21.6 Å². The van der Waals surface area contributed by atoms with E-state index in [-0.39, 0.29) is 5.91 Å². The summed E-state index contributed by atoms with van der Waals surface area (Å²) in [6, 6.07) is 6.58. The maximum atomic E-state index is 14.7. The van der Waals surface area contributed by atoms with Crippen molar-refractivity contribution in [3.05, 3.63) is 64.9 Å². The second kappa shape index (κ2) is 5.88. The zero-order chi connectivity index (χ0) is 18.5. The maximum Gasteiger partial charge on any atom is 0.239 e. The summed E-state index contributed by atoms with van der Waals surface area (Å²) in [7, 11) is 0. The third-order valence-electron chi connectivity index (χ3n) is 4.52. The number of fused-ring (bicyclic) bond motifs is 2. The molecular weight excluding hydrogens is 365 g/mol. The fourth-order valence-electron chi connectivity index (χ4n) is 3.35. The Morgan fingerprint density at radius 3 is 2.85 bits per heavy atom. The minimum absolute atomic E-state index is 0.228. The lowest BCUT2D eigenvalue weighted by molar-refractivity contribution is -0.116. The molecule has 6 nitrogen and oxygen atoms in total. The van der Waals surface area contributed by atoms with Gasteiger partial charge in [0, 0.05) is 22.8 Å². The van der Waals surface area contributed by atoms with Crippen molar-refractivity contribution in [3.8, 4) is 11.3 Å². The van der Waals surface area contributed by atoms with Gasteiger partial charge in [-0.25, -0.2) is 19.3 Å². The van der Waals surface area contributed by atoms with Gasteiger partial charge < -0.3 is 5.32 Å². The highest BCUT2D eigenvalue weighted by Crippen LogP contribution is 2.38. The van der Waals surface area contributed by atoms with E-state index in [0.717, 1.165) is 15.1 Å². The Hall–Kier alpha value is -3.26. The number of carbonyl (C=O) groups excluding carboxylic acids is 1. The lowest BCUT2D eigenvalue weighted by Gasteiger charge is -2.11. The smallest absolute Gasteiger partial charge is 0.239 e. The van der Waals surface area contributed by atoms with Gasteiger partial charge in [-0.2, -0.15) is 0 Å². The van der Waals surface area contributed by atoms with Crippen LogP contribution in [0.15, 0.2) is 43.0 Å². The molecule has 0 saturated heterocycles. The molecule has 1 N–H and O–H groups in total. The summed E-state index contributed by atoms with van der Waals surface area (Å²) in [6.07, 6.45) is 4.49. The Morgan fingerprint density at radius 1 is 1.11 bits per heavy atom. The topological polar surface area (TPSA) is 80.7 Å². The Morgan fingerprint density at radius 2 is 1.96 bits per heavy atom. The Bertz CT molecular complexity index is 1220. The predicted octanol–water partition coefficient (Wildman–Crippen LogP) is 3.68. The number of carbonyl (C=O) groups is 1. The number of aryl methyl sites for hydroxylation is 1. The van der Waals surface area contributed by atoms with Crippen molar-refractivity contribution in [2.45, 2.75) is 12.8 Å². The molecule has 4 heterocycles. The third-order valence-corrected chi connectivity index (χ3v) is 5.56. The lowest BCUT2D eigenvalue weighted by atomic mass is 9.94. The van der Waals surface area contributed by atoms with E-state index in [2.05, 4.69) is 25.3 Å². The summed E-state index contributed by atoms with van der Waals surface area (Å²) in [4.78, 5) is 30.5. The number of aromatic nitrogens is 4. The van der Waals surface area contributed by atoms with E-state index < -0.39 is 11.7 Å². The number of nitrogens with zero attached hydrogens (tertiary/aromatic N) is 4. The Labute approximate surface area is 157 Å². The van der Waals surface area contributed by atoms with Crippen molar-refractivity contribution < 1.29 is 9.18 Å². The minimum Gasteiger partial charge on any atom is -0.308 e. The van der Waals surface area contributed by atoms with Crippen molar-refractivity contribution in [1.29, 1.82) is 0 Å². The van der Waals surface area contributed by atoms with E-state index in [9.17, 15) is 9.18 Å². The molecule has 0 bridgehead atoms. The third kappa shape index (κ3) is 2.48. The lowest BCUT2D eigenvalue weighted by Crippen LogP contribution is -2.14. The first-order chi connectivity index (χ1) is 13.1. The molecule has 0 radical (unpaired) electrons. The van der Waals surface area contributed by atoms with Crippen molar-refractivity contribution in [1.82, 2.24) is 19.9 Å². The molecule has 5 rings (SSSR count). The van der Waals surface area contributed by atoms with E-state index in [1.807, 2.05) is 13.0 Å². The first-order valence-corrected chi connectivity index (χ1v) is 9.06. The van der Waals surface area contributed by atoms with Crippen LogP contribution in [-0.2, 0) is 4.79 Å². The van der Waals surface area contributed by atoms with Gasteiger partial charge >= 0.3 is 0 Å². The van der Waals surface area contributed by atoms with Crippen molar-refractivity contribution in [2.24, 2.45) is 0 Å². The highest BCUT2D eigenvalue weighted by atomic mass is 32.1. The number of halogens is 1. The number of hydrogen-bond acceptors (Lipinski definition) is 6. The normalized spacial score (nSPS) is 15.8. The number of amides is 1. The molecule has 4 aromatic rings. The number of rotatable bonds is 2. The molecule has 1 aromatic carbocycles. The van der Waals surface area contributed by atoms with Gasteiger partial charge in [-0.3, -0.25) is 9.78 Å². The number of hydrogen-bond donors (Lipinski definition) is 1. The molecule has 8 heteroatoms. The molecular formula is C19H12FN5OS. The number of thiophene rings is 1. The average molecular weight is 377 g/mol. The highest BCUT2D eigenvalue weighted by molar-refractivity contribution is 7.19. The largest absolute Gasteiger partial charge is 0.308 e. The van der Waals surface area contributed by atoms with Crippen LogP contribution in [0.3, 0.4) is 0 Å². The van der Waals surface area contributed by atoms with Gasteiger partial charge in [-0.15, -0.1) is 11.3 Å². The van der Waals surface area contributed by atoms with Gasteiger partial charge in [0.25, 0.3) is 0 Å². The van der Waals surface area contributed by atoms with Crippen LogP contribution in [-0.4, -0.2) is 25.8 Å². The molecule has 1 amide bonds. The average Bonchev–Trinajstić information content (AvgIpc) is 3.20. The van der Waals surface area contributed by atoms with Crippen LogP contribution in [0.4, 0.5) is 10.2 Å². The number of nitrogens with one attached hydrogen (secondary N) is 1. The van der Waals surface area contributed by atoms with E-state index in [0.29, 0.717) is 28.3 Å². The summed E-state index contributed by atoms with van der Waals surface area (Å²) < 4.78 is 15.5. The quantitative estimate of drug-likeness (QED) is 0.576. The van der Waals surface area contributed by atoms with Crippen molar-refractivity contribution in [2.75, 3.05) is 5.32 Å². The van der Waals surface area contributed by atoms with E-state index >= 15 is 0 Å². The second-order valence-corrected chi connectivity index (χ2v) is 7.50. The standard InChI is InChI=1S/C19H12FN5OS/c1-9-6-13-17(27-9)15(24-8-23-13)11-7-10(2-3-12(11)20)14-16-18(25-19(14)26)22-5-4-21-16/h2-8,14H,1H3,(H,22,25,26). The van der Waals surface area contributed by atoms with Crippen molar-refractivity contribution >= 4 is 33.3 Å². The molecule has 1 aliphatic heterocycles. The van der Waals surface area contributed by atoms with Crippen LogP contribution in [0.2, 0.25) is 0 Å². The number of anilines is 1. The van der Waals surface area contributed by atoms with Gasteiger partial charge in [0.15, 0.2) is 5.82 Å². The molecule has 1 unspecified atom stereocenters. The van der Waals surface area contributed by atoms with Crippen LogP contribution in [0.5, 0.6) is 0 Å². The zero-order valence-electron chi connectivity index (χ0n) is 14.1. The first kappa shape index (κ1) is 16.0. The summed E-state index contributed by atoms with van der Waals surface area (Å²) >= 11 is 1.52. The molecule has 0 saturated carbocycles. The monoisotopic (exact) mass is 377 g/mol. The van der Waals surface area contributed by atoms with Gasteiger partial charge in [0.1, 0.15) is 18.1 Å². The molecule has 0 spiro atoms. The number of benzene rings is 1. The highest BCUT2D eigenvalue weighted by Gasteiger charge is 2.34. The molecule has 27 heavy (non-hydrogen) atoms. The van der Waals surface area contributed by atoms with Gasteiger partial charge in [0.2, 0.25) is 5.91 Å². The van der Waals surface area contributed by atoms with Crippen LogP contribution < -0.4 is 5.32 Å². The Kier molecular flexibility index (Phi) is 3.48. The fraction of sp³-hybridized carbons (Fsp3) is 0.105. The summed E-state index contributed by atoms with van der Waals surface area (Å²) in [5.41, 5.74) is 2.83.